The fraction of sp³-hybridized carbons (Fsp3) is 0.600. The molecule has 0 aromatic heterocycles. The van der Waals surface area contributed by atoms with Gasteiger partial charge in [0.15, 0.2) is 0 Å². The predicted molar refractivity (Wildman–Crippen MR) is 71.8 cm³/mol. The summed E-state index contributed by atoms with van der Waals surface area (Å²) in [4.78, 5) is 0. The lowest BCUT2D eigenvalue weighted by molar-refractivity contribution is 0.356. The van der Waals surface area contributed by atoms with E-state index in [2.05, 4.69) is 63.5 Å². The van der Waals surface area contributed by atoms with E-state index in [-0.39, 0.29) is 0 Å². The normalized spacial score (nSPS) is 15.1. The molecule has 0 aliphatic heterocycles. The summed E-state index contributed by atoms with van der Waals surface area (Å²) in [5.74, 6) is 1.29. The summed E-state index contributed by atoms with van der Waals surface area (Å²) in [5.41, 5.74) is 1.46. The molecule has 1 heteroatoms. The molecule has 0 radical (unpaired) electrons. The molecule has 0 aliphatic rings. The van der Waals surface area contributed by atoms with Crippen molar-refractivity contribution >= 4 is 0 Å². The van der Waals surface area contributed by atoms with Crippen molar-refractivity contribution in [3.8, 4) is 0 Å². The van der Waals surface area contributed by atoms with E-state index in [4.69, 9.17) is 0 Å². The SMILES string of the molecule is CCCC(NC)C(c1ccccc1)C(C)C. The number of rotatable bonds is 6. The Bertz CT molecular complexity index is 279. The van der Waals surface area contributed by atoms with E-state index in [9.17, 15) is 0 Å². The van der Waals surface area contributed by atoms with E-state index in [0.29, 0.717) is 17.9 Å². The second kappa shape index (κ2) is 6.70. The standard InChI is InChI=1S/C15H25N/c1-5-9-14(16-4)15(12(2)3)13-10-7-6-8-11-13/h6-8,10-12,14-16H,5,9H2,1-4H3. The Kier molecular flexibility index (Phi) is 5.54. The van der Waals surface area contributed by atoms with Crippen LogP contribution in [0, 0.1) is 5.92 Å². The summed E-state index contributed by atoms with van der Waals surface area (Å²) < 4.78 is 0. The van der Waals surface area contributed by atoms with Gasteiger partial charge < -0.3 is 5.32 Å². The molecule has 0 fully saturated rings. The highest BCUT2D eigenvalue weighted by Gasteiger charge is 2.23. The number of likely N-dealkylation sites (N-methyl/N-ethyl adjacent to an activating group) is 1. The molecule has 0 aliphatic carbocycles. The van der Waals surface area contributed by atoms with Gasteiger partial charge in [-0.1, -0.05) is 57.5 Å². The van der Waals surface area contributed by atoms with E-state index in [1.807, 2.05) is 0 Å². The summed E-state index contributed by atoms with van der Waals surface area (Å²) in [6.45, 7) is 6.89. The Morgan fingerprint density at radius 3 is 2.19 bits per heavy atom. The first-order valence-electron chi connectivity index (χ1n) is 6.42. The molecule has 0 bridgehead atoms. The third-order valence-corrected chi connectivity index (χ3v) is 3.31. The van der Waals surface area contributed by atoms with Gasteiger partial charge in [-0.15, -0.1) is 0 Å². The Morgan fingerprint density at radius 2 is 1.75 bits per heavy atom. The largest absolute Gasteiger partial charge is 0.316 e. The second-order valence-electron chi connectivity index (χ2n) is 4.86. The quantitative estimate of drug-likeness (QED) is 0.767. The van der Waals surface area contributed by atoms with Crippen molar-refractivity contribution in [2.24, 2.45) is 5.92 Å². The molecule has 16 heavy (non-hydrogen) atoms. The van der Waals surface area contributed by atoms with E-state index in [0.717, 1.165) is 0 Å². The van der Waals surface area contributed by atoms with Crippen LogP contribution in [0.15, 0.2) is 30.3 Å². The maximum atomic E-state index is 3.48. The lowest BCUT2D eigenvalue weighted by atomic mass is 9.81. The smallest absolute Gasteiger partial charge is 0.0135 e. The Labute approximate surface area is 100 Å². The summed E-state index contributed by atoms with van der Waals surface area (Å²) in [6, 6.07) is 11.5. The molecule has 1 N–H and O–H groups in total. The van der Waals surface area contributed by atoms with Crippen molar-refractivity contribution in [2.45, 2.75) is 45.6 Å². The van der Waals surface area contributed by atoms with Gasteiger partial charge in [-0.25, -0.2) is 0 Å². The maximum absolute atomic E-state index is 3.48. The van der Waals surface area contributed by atoms with Crippen molar-refractivity contribution in [1.82, 2.24) is 5.32 Å². The zero-order valence-corrected chi connectivity index (χ0v) is 11.0. The van der Waals surface area contributed by atoms with Crippen molar-refractivity contribution in [1.29, 1.82) is 0 Å². The van der Waals surface area contributed by atoms with Gasteiger partial charge in [0.2, 0.25) is 0 Å². The zero-order valence-electron chi connectivity index (χ0n) is 11.0. The summed E-state index contributed by atoms with van der Waals surface area (Å²) in [5, 5.41) is 3.48. The van der Waals surface area contributed by atoms with E-state index in [1.165, 1.54) is 18.4 Å². The highest BCUT2D eigenvalue weighted by atomic mass is 14.9. The lowest BCUT2D eigenvalue weighted by Crippen LogP contribution is -2.34. The number of hydrogen-bond acceptors (Lipinski definition) is 1. The molecule has 2 unspecified atom stereocenters. The number of benzene rings is 1. The van der Waals surface area contributed by atoms with Crippen LogP contribution >= 0.6 is 0 Å². The first kappa shape index (κ1) is 13.2. The lowest BCUT2D eigenvalue weighted by Gasteiger charge is -2.30. The molecule has 0 spiro atoms. The zero-order chi connectivity index (χ0) is 12.0. The van der Waals surface area contributed by atoms with Gasteiger partial charge in [-0.05, 0) is 24.9 Å². The molecule has 0 heterocycles. The molecule has 1 aromatic carbocycles. The van der Waals surface area contributed by atoms with Gasteiger partial charge in [0.1, 0.15) is 0 Å². The van der Waals surface area contributed by atoms with E-state index < -0.39 is 0 Å². The van der Waals surface area contributed by atoms with E-state index >= 15 is 0 Å². The Balaban J connectivity index is 2.90. The minimum absolute atomic E-state index is 0.590. The van der Waals surface area contributed by atoms with E-state index in [1.54, 1.807) is 0 Å². The average Bonchev–Trinajstić information content (AvgIpc) is 2.29. The molecule has 0 amide bonds. The van der Waals surface area contributed by atoms with Crippen LogP contribution in [0.5, 0.6) is 0 Å². The van der Waals surface area contributed by atoms with Crippen molar-refractivity contribution in [3.63, 3.8) is 0 Å². The fourth-order valence-corrected chi connectivity index (χ4v) is 2.57. The summed E-state index contributed by atoms with van der Waals surface area (Å²) in [6.07, 6.45) is 2.48. The first-order valence-corrected chi connectivity index (χ1v) is 6.42. The maximum Gasteiger partial charge on any atom is 0.0135 e. The van der Waals surface area contributed by atoms with Crippen LogP contribution in [0.2, 0.25) is 0 Å². The molecule has 1 aromatic rings. The molecular weight excluding hydrogens is 194 g/mol. The van der Waals surface area contributed by atoms with Crippen LogP contribution in [0.4, 0.5) is 0 Å². The molecule has 0 saturated heterocycles. The number of hydrogen-bond donors (Lipinski definition) is 1. The fourth-order valence-electron chi connectivity index (χ4n) is 2.57. The third kappa shape index (κ3) is 3.34. The second-order valence-corrected chi connectivity index (χ2v) is 4.86. The van der Waals surface area contributed by atoms with Gasteiger partial charge >= 0.3 is 0 Å². The van der Waals surface area contributed by atoms with Crippen LogP contribution in [0.3, 0.4) is 0 Å². The van der Waals surface area contributed by atoms with Gasteiger partial charge in [-0.3, -0.25) is 0 Å². The molecule has 90 valence electrons. The topological polar surface area (TPSA) is 12.0 Å². The van der Waals surface area contributed by atoms with Gasteiger partial charge in [0.05, 0.1) is 0 Å². The van der Waals surface area contributed by atoms with Crippen molar-refractivity contribution in [3.05, 3.63) is 35.9 Å². The van der Waals surface area contributed by atoms with Gasteiger partial charge in [0, 0.05) is 12.0 Å². The molecule has 1 nitrogen and oxygen atoms in total. The molecule has 2 atom stereocenters. The number of nitrogens with one attached hydrogen (secondary N) is 1. The monoisotopic (exact) mass is 219 g/mol. The Hall–Kier alpha value is -0.820. The first-order chi connectivity index (χ1) is 7.70. The summed E-state index contributed by atoms with van der Waals surface area (Å²) in [7, 11) is 2.08. The van der Waals surface area contributed by atoms with Crippen molar-refractivity contribution in [2.75, 3.05) is 7.05 Å². The van der Waals surface area contributed by atoms with Crippen LogP contribution in [-0.4, -0.2) is 13.1 Å². The van der Waals surface area contributed by atoms with Crippen LogP contribution < -0.4 is 5.32 Å². The minimum Gasteiger partial charge on any atom is -0.316 e. The third-order valence-electron chi connectivity index (χ3n) is 3.31. The van der Waals surface area contributed by atoms with Crippen LogP contribution in [0.25, 0.3) is 0 Å². The van der Waals surface area contributed by atoms with Gasteiger partial charge in [0.25, 0.3) is 0 Å². The molecule has 0 saturated carbocycles. The summed E-state index contributed by atoms with van der Waals surface area (Å²) >= 11 is 0. The highest BCUT2D eigenvalue weighted by Crippen LogP contribution is 2.29. The molecular formula is C15H25N. The molecule has 1 rings (SSSR count). The highest BCUT2D eigenvalue weighted by molar-refractivity contribution is 5.22. The van der Waals surface area contributed by atoms with Gasteiger partial charge in [-0.2, -0.15) is 0 Å². The average molecular weight is 219 g/mol. The van der Waals surface area contributed by atoms with Crippen LogP contribution in [-0.2, 0) is 0 Å². The minimum atomic E-state index is 0.590. The Morgan fingerprint density at radius 1 is 1.12 bits per heavy atom. The van der Waals surface area contributed by atoms with Crippen molar-refractivity contribution < 1.29 is 0 Å². The van der Waals surface area contributed by atoms with Crippen LogP contribution in [0.1, 0.15) is 45.1 Å². The predicted octanol–water partition coefficient (Wildman–Crippen LogP) is 3.81.